The SMILES string of the molecule is C=CC[N-]CC=C.C=CC[N-]CC=C.C=CC[N-]CC=C.[Zr+4].[c-]1cc2ccccc2[nH]1.c1ccc2c(c1)CCC2. The Morgan fingerprint density at radius 2 is 0.975 bits per heavy atom. The van der Waals surface area contributed by atoms with E-state index in [1.807, 2.05) is 24.3 Å². The summed E-state index contributed by atoms with van der Waals surface area (Å²) in [6, 6.07) is 18.8. The van der Waals surface area contributed by atoms with Gasteiger partial charge in [-0.05, 0) is 30.4 Å². The van der Waals surface area contributed by atoms with Gasteiger partial charge in [-0.1, -0.05) is 36.4 Å². The van der Waals surface area contributed by atoms with Gasteiger partial charge in [-0.25, -0.2) is 0 Å². The van der Waals surface area contributed by atoms with Crippen LogP contribution in [0.2, 0.25) is 0 Å². The molecule has 0 unspecified atom stereocenters. The molecule has 2 aromatic carbocycles. The summed E-state index contributed by atoms with van der Waals surface area (Å²) in [5, 5.41) is 13.1. The molecular formula is C35H46N4Zr. The van der Waals surface area contributed by atoms with Crippen molar-refractivity contribution in [1.29, 1.82) is 0 Å². The van der Waals surface area contributed by atoms with Gasteiger partial charge in [-0.15, -0.1) is 139 Å². The van der Waals surface area contributed by atoms with Crippen molar-refractivity contribution < 1.29 is 26.2 Å². The average Bonchev–Trinajstić information content (AvgIpc) is 3.65. The fourth-order valence-corrected chi connectivity index (χ4v) is 3.21. The van der Waals surface area contributed by atoms with Crippen molar-refractivity contribution in [2.75, 3.05) is 39.3 Å². The Bertz CT molecular complexity index is 934. The third kappa shape index (κ3) is 22.0. The molecule has 0 fully saturated rings. The molecule has 3 aromatic rings. The van der Waals surface area contributed by atoms with Gasteiger partial charge in [0.25, 0.3) is 0 Å². The molecule has 4 rings (SSSR count). The maximum absolute atomic E-state index is 3.97. The van der Waals surface area contributed by atoms with E-state index in [1.54, 1.807) is 47.6 Å². The Morgan fingerprint density at radius 3 is 1.35 bits per heavy atom. The second kappa shape index (κ2) is 30.7. The van der Waals surface area contributed by atoms with Gasteiger partial charge in [-0.3, -0.25) is 0 Å². The summed E-state index contributed by atoms with van der Waals surface area (Å²) in [4.78, 5) is 2.99. The molecule has 4 nitrogen and oxygen atoms in total. The van der Waals surface area contributed by atoms with E-state index in [4.69, 9.17) is 0 Å². The molecule has 1 aromatic heterocycles. The number of fused-ring (bicyclic) bond motifs is 2. The number of aromatic amines is 1. The Balaban J connectivity index is 0. The molecule has 0 spiro atoms. The maximum Gasteiger partial charge on any atom is 4.00 e. The number of para-hydroxylation sites is 1. The zero-order valence-corrected chi connectivity index (χ0v) is 26.6. The number of hydrogen-bond acceptors (Lipinski definition) is 0. The average molecular weight is 614 g/mol. The minimum Gasteiger partial charge on any atom is -0.656 e. The molecule has 0 saturated carbocycles. The van der Waals surface area contributed by atoms with Gasteiger partial charge in [0.1, 0.15) is 0 Å². The van der Waals surface area contributed by atoms with Crippen LogP contribution < -0.4 is 0 Å². The monoisotopic (exact) mass is 612 g/mol. The van der Waals surface area contributed by atoms with Crippen LogP contribution in [-0.2, 0) is 39.0 Å². The molecule has 0 saturated heterocycles. The van der Waals surface area contributed by atoms with Crippen molar-refractivity contribution in [2.24, 2.45) is 0 Å². The van der Waals surface area contributed by atoms with Crippen molar-refractivity contribution in [3.05, 3.63) is 164 Å². The predicted octanol–water partition coefficient (Wildman–Crippen LogP) is 9.34. The van der Waals surface area contributed by atoms with Crippen LogP contribution >= 0.6 is 0 Å². The summed E-state index contributed by atoms with van der Waals surface area (Å²) in [5.41, 5.74) is 4.28. The van der Waals surface area contributed by atoms with Gasteiger partial charge >= 0.3 is 26.2 Å². The van der Waals surface area contributed by atoms with E-state index in [0.717, 1.165) is 44.8 Å². The zero-order chi connectivity index (χ0) is 28.8. The number of rotatable bonds is 12. The number of benzene rings is 2. The van der Waals surface area contributed by atoms with E-state index >= 15 is 0 Å². The molecule has 40 heavy (non-hydrogen) atoms. The first-order valence-electron chi connectivity index (χ1n) is 13.2. The molecule has 0 atom stereocenters. The minimum atomic E-state index is 0. The fraction of sp³-hybridized carbons (Fsp3) is 0.257. The Morgan fingerprint density at radius 1 is 0.600 bits per heavy atom. The number of nitrogens with one attached hydrogen (secondary N) is 1. The number of nitrogens with zero attached hydrogens (tertiary/aromatic N) is 3. The Labute approximate surface area is 263 Å². The normalized spacial score (nSPS) is 10.0. The van der Waals surface area contributed by atoms with E-state index in [9.17, 15) is 0 Å². The third-order valence-corrected chi connectivity index (χ3v) is 4.96. The summed E-state index contributed by atoms with van der Waals surface area (Å²) in [6.07, 6.45) is 17.5. The molecule has 0 radical (unpaired) electrons. The number of hydrogen-bond donors (Lipinski definition) is 1. The van der Waals surface area contributed by atoms with Crippen molar-refractivity contribution in [3.8, 4) is 0 Å². The van der Waals surface area contributed by atoms with Gasteiger partial charge < -0.3 is 20.9 Å². The number of aromatic nitrogens is 1. The first-order valence-corrected chi connectivity index (χ1v) is 13.2. The summed E-state index contributed by atoms with van der Waals surface area (Å²) < 4.78 is 0. The molecule has 1 heterocycles. The van der Waals surface area contributed by atoms with Crippen LogP contribution in [0.25, 0.3) is 26.9 Å². The second-order valence-electron chi connectivity index (χ2n) is 8.12. The van der Waals surface area contributed by atoms with Crippen LogP contribution in [0, 0.1) is 6.20 Å². The van der Waals surface area contributed by atoms with Crippen molar-refractivity contribution >= 4 is 10.9 Å². The first-order chi connectivity index (χ1) is 19.2. The molecule has 1 aliphatic rings. The molecule has 1 aliphatic carbocycles. The van der Waals surface area contributed by atoms with Crippen LogP contribution in [0.15, 0.2) is 131 Å². The van der Waals surface area contributed by atoms with Gasteiger partial charge in [-0.2, -0.15) is 11.5 Å². The minimum absolute atomic E-state index is 0. The summed E-state index contributed by atoms with van der Waals surface area (Å²) >= 11 is 0. The van der Waals surface area contributed by atoms with Crippen molar-refractivity contribution in [2.45, 2.75) is 19.3 Å². The smallest absolute Gasteiger partial charge is 0.656 e. The summed E-state index contributed by atoms with van der Waals surface area (Å²) in [7, 11) is 0. The van der Waals surface area contributed by atoms with Crippen LogP contribution in [0.3, 0.4) is 0 Å². The summed E-state index contributed by atoms with van der Waals surface area (Å²) in [5.74, 6) is 0. The fourth-order valence-electron chi connectivity index (χ4n) is 3.21. The quantitative estimate of drug-likeness (QED) is 0.120. The maximum atomic E-state index is 3.97. The topological polar surface area (TPSA) is 58.1 Å². The second-order valence-corrected chi connectivity index (χ2v) is 8.12. The van der Waals surface area contributed by atoms with Gasteiger partial charge in [0, 0.05) is 0 Å². The summed E-state index contributed by atoms with van der Waals surface area (Å²) in [6.45, 7) is 25.5. The van der Waals surface area contributed by atoms with E-state index in [1.165, 1.54) is 24.6 Å². The standard InChI is InChI=1S/C9H10.C8H6N.3C6H10N.Zr/c1-2-5-9-7-3-6-8(9)4-1;1-2-4-8-7(3-1)5-6-9-8;3*1-3-5-7-6-4-2;/h1-2,4-5H,3,6-7H2;1-5,9H;3*3-4H,1-2,5-6H2;/q;4*-1;+4. The molecular weight excluding hydrogens is 568 g/mol. The molecule has 0 bridgehead atoms. The van der Waals surface area contributed by atoms with E-state index < -0.39 is 0 Å². The number of aryl methyl sites for hydroxylation is 2. The molecule has 210 valence electrons. The van der Waals surface area contributed by atoms with Crippen molar-refractivity contribution in [3.63, 3.8) is 0 Å². The largest absolute Gasteiger partial charge is 4.00 e. The van der Waals surface area contributed by atoms with Gasteiger partial charge in [0.15, 0.2) is 0 Å². The van der Waals surface area contributed by atoms with Crippen LogP contribution in [0.5, 0.6) is 0 Å². The molecule has 5 heteroatoms. The Kier molecular flexibility index (Phi) is 30.2. The van der Waals surface area contributed by atoms with Gasteiger partial charge in [0.2, 0.25) is 0 Å². The molecule has 0 amide bonds. The van der Waals surface area contributed by atoms with E-state index in [2.05, 4.69) is 96.9 Å². The van der Waals surface area contributed by atoms with E-state index in [-0.39, 0.29) is 26.2 Å². The first kappa shape index (κ1) is 39.3. The molecule has 1 N–H and O–H groups in total. The Hall–Kier alpha value is -2.82. The van der Waals surface area contributed by atoms with Gasteiger partial charge in [0.05, 0.1) is 0 Å². The van der Waals surface area contributed by atoms with E-state index in [0.29, 0.717) is 0 Å². The predicted molar refractivity (Wildman–Crippen MR) is 176 cm³/mol. The van der Waals surface area contributed by atoms with Crippen LogP contribution in [0.4, 0.5) is 0 Å². The van der Waals surface area contributed by atoms with Crippen molar-refractivity contribution in [1.82, 2.24) is 4.98 Å². The zero-order valence-electron chi connectivity index (χ0n) is 24.1. The van der Waals surface area contributed by atoms with Crippen LogP contribution in [0.1, 0.15) is 17.5 Å². The number of H-pyrrole nitrogens is 1. The third-order valence-electron chi connectivity index (χ3n) is 4.96. The molecule has 0 aliphatic heterocycles. The van der Waals surface area contributed by atoms with Crippen LogP contribution in [-0.4, -0.2) is 44.3 Å².